The van der Waals surface area contributed by atoms with Gasteiger partial charge in [0.1, 0.15) is 0 Å². The summed E-state index contributed by atoms with van der Waals surface area (Å²) in [5.74, 6) is -0.412. The van der Waals surface area contributed by atoms with Gasteiger partial charge >= 0.3 is 5.97 Å². The number of nitrogens with two attached hydrogens (primary N) is 1. The summed E-state index contributed by atoms with van der Waals surface area (Å²) in [7, 11) is 3.33. The predicted molar refractivity (Wildman–Crippen MR) is 76.2 cm³/mol. The summed E-state index contributed by atoms with van der Waals surface area (Å²) in [4.78, 5) is 11.7. The lowest BCUT2D eigenvalue weighted by atomic mass is 10.1. The smallest absolute Gasteiger partial charge is 0.340 e. The summed E-state index contributed by atoms with van der Waals surface area (Å²) in [5.41, 5.74) is 8.88. The van der Waals surface area contributed by atoms with E-state index < -0.39 is 5.97 Å². The molecule has 1 aromatic heterocycles. The van der Waals surface area contributed by atoms with Crippen molar-refractivity contribution in [3.8, 4) is 0 Å². The Bertz CT molecular complexity index is 803. The van der Waals surface area contributed by atoms with E-state index in [0.29, 0.717) is 11.3 Å². The lowest BCUT2D eigenvalue weighted by molar-refractivity contribution is 0.0602. The molecule has 0 aliphatic rings. The van der Waals surface area contributed by atoms with E-state index >= 15 is 0 Å². The molecule has 0 atom stereocenters. The van der Waals surface area contributed by atoms with E-state index in [4.69, 9.17) is 10.5 Å². The third-order valence-corrected chi connectivity index (χ3v) is 3.49. The maximum Gasteiger partial charge on any atom is 0.340 e. The highest BCUT2D eigenvalue weighted by Crippen LogP contribution is 2.31. The van der Waals surface area contributed by atoms with Crippen LogP contribution in [0.5, 0.6) is 0 Å². The fourth-order valence-electron chi connectivity index (χ4n) is 2.51. The molecule has 0 aliphatic carbocycles. The van der Waals surface area contributed by atoms with Crippen LogP contribution in [0.25, 0.3) is 21.8 Å². The van der Waals surface area contributed by atoms with Gasteiger partial charge in [-0.2, -0.15) is 0 Å². The van der Waals surface area contributed by atoms with Crippen molar-refractivity contribution in [3.63, 3.8) is 0 Å². The first-order valence-corrected chi connectivity index (χ1v) is 5.98. The highest BCUT2D eigenvalue weighted by atomic mass is 16.5. The average Bonchev–Trinajstić information content (AvgIpc) is 2.71. The highest BCUT2D eigenvalue weighted by molar-refractivity contribution is 6.11. The summed E-state index contributed by atoms with van der Waals surface area (Å²) in [5, 5.41) is 2.17. The van der Waals surface area contributed by atoms with E-state index in [-0.39, 0.29) is 0 Å². The summed E-state index contributed by atoms with van der Waals surface area (Å²) < 4.78 is 6.80. The molecule has 96 valence electrons. The quantitative estimate of drug-likeness (QED) is 0.536. The Morgan fingerprint density at radius 2 is 1.89 bits per heavy atom. The number of hydrogen-bond donors (Lipinski definition) is 1. The van der Waals surface area contributed by atoms with Gasteiger partial charge in [-0.3, -0.25) is 0 Å². The topological polar surface area (TPSA) is 57.2 Å². The first kappa shape index (κ1) is 11.6. The number of methoxy groups -OCH3 is 1. The molecule has 0 radical (unpaired) electrons. The van der Waals surface area contributed by atoms with Crippen molar-refractivity contribution in [2.24, 2.45) is 7.05 Å². The van der Waals surface area contributed by atoms with E-state index in [1.165, 1.54) is 7.11 Å². The Hall–Kier alpha value is -2.49. The van der Waals surface area contributed by atoms with E-state index in [1.54, 1.807) is 6.07 Å². The van der Waals surface area contributed by atoms with Gasteiger partial charge in [0.15, 0.2) is 0 Å². The number of fused-ring (bicyclic) bond motifs is 3. The van der Waals surface area contributed by atoms with E-state index in [9.17, 15) is 4.79 Å². The number of nitrogen functional groups attached to an aromatic ring is 1. The van der Waals surface area contributed by atoms with Crippen molar-refractivity contribution in [2.75, 3.05) is 12.8 Å². The summed E-state index contributed by atoms with van der Waals surface area (Å²) in [6.45, 7) is 0. The van der Waals surface area contributed by atoms with Crippen LogP contribution in [0.2, 0.25) is 0 Å². The maximum atomic E-state index is 11.7. The van der Waals surface area contributed by atoms with Crippen molar-refractivity contribution in [1.29, 1.82) is 0 Å². The lowest BCUT2D eigenvalue weighted by Gasteiger charge is -2.05. The van der Waals surface area contributed by atoms with E-state index in [1.807, 2.05) is 31.3 Å². The Balaban J connectivity index is 2.44. The zero-order chi connectivity index (χ0) is 13.6. The minimum absolute atomic E-state index is 0.404. The molecule has 0 saturated heterocycles. The lowest BCUT2D eigenvalue weighted by Crippen LogP contribution is -2.05. The third kappa shape index (κ3) is 1.57. The summed E-state index contributed by atoms with van der Waals surface area (Å²) >= 11 is 0. The minimum Gasteiger partial charge on any atom is -0.465 e. The third-order valence-electron chi connectivity index (χ3n) is 3.49. The van der Waals surface area contributed by atoms with E-state index in [2.05, 4.69) is 10.6 Å². The number of rotatable bonds is 1. The van der Waals surface area contributed by atoms with Crippen LogP contribution < -0.4 is 5.73 Å². The second-order valence-electron chi connectivity index (χ2n) is 4.52. The zero-order valence-electron chi connectivity index (χ0n) is 10.8. The van der Waals surface area contributed by atoms with Crippen molar-refractivity contribution in [2.45, 2.75) is 0 Å². The number of carbonyl (C=O) groups is 1. The van der Waals surface area contributed by atoms with Crippen LogP contribution in [0.3, 0.4) is 0 Å². The molecular formula is C15H14N2O2. The van der Waals surface area contributed by atoms with Gasteiger partial charge in [-0.05, 0) is 18.2 Å². The number of esters is 1. The zero-order valence-corrected chi connectivity index (χ0v) is 10.8. The number of carbonyl (C=O) groups excluding carboxylic acids is 1. The van der Waals surface area contributed by atoms with Crippen LogP contribution in [0.4, 0.5) is 5.69 Å². The molecule has 2 N–H and O–H groups in total. The monoisotopic (exact) mass is 254 g/mol. The highest BCUT2D eigenvalue weighted by Gasteiger charge is 2.15. The minimum atomic E-state index is -0.412. The summed E-state index contributed by atoms with van der Waals surface area (Å²) in [6, 6.07) is 11.7. The Labute approximate surface area is 110 Å². The first-order valence-electron chi connectivity index (χ1n) is 5.98. The van der Waals surface area contributed by atoms with Gasteiger partial charge in [0.2, 0.25) is 0 Å². The second-order valence-corrected chi connectivity index (χ2v) is 4.52. The van der Waals surface area contributed by atoms with Crippen LogP contribution in [-0.4, -0.2) is 17.6 Å². The van der Waals surface area contributed by atoms with Crippen molar-refractivity contribution >= 4 is 33.5 Å². The molecule has 3 rings (SSSR count). The number of hydrogen-bond acceptors (Lipinski definition) is 3. The standard InChI is InChI=1S/C15H14N2O2/c1-17-13-6-4-3-5-9(13)10-7-12(16)11(8-14(10)17)15(18)19-2/h3-8H,16H2,1-2H3. The van der Waals surface area contributed by atoms with Crippen molar-refractivity contribution < 1.29 is 9.53 Å². The van der Waals surface area contributed by atoms with Gasteiger partial charge < -0.3 is 15.0 Å². The van der Waals surface area contributed by atoms with Gasteiger partial charge in [-0.25, -0.2) is 4.79 Å². The van der Waals surface area contributed by atoms with Gasteiger partial charge in [0, 0.05) is 34.5 Å². The molecule has 0 saturated carbocycles. The molecule has 2 aromatic carbocycles. The average molecular weight is 254 g/mol. The molecule has 19 heavy (non-hydrogen) atoms. The van der Waals surface area contributed by atoms with Crippen molar-refractivity contribution in [1.82, 2.24) is 4.57 Å². The largest absolute Gasteiger partial charge is 0.465 e. The molecule has 0 bridgehead atoms. The van der Waals surface area contributed by atoms with Crippen LogP contribution in [-0.2, 0) is 11.8 Å². The normalized spacial score (nSPS) is 11.1. The first-order chi connectivity index (χ1) is 9.13. The van der Waals surface area contributed by atoms with Crippen molar-refractivity contribution in [3.05, 3.63) is 42.0 Å². The van der Waals surface area contributed by atoms with Gasteiger partial charge in [-0.1, -0.05) is 18.2 Å². The number of aromatic nitrogens is 1. The maximum absolute atomic E-state index is 11.7. The fourth-order valence-corrected chi connectivity index (χ4v) is 2.51. The van der Waals surface area contributed by atoms with Crippen LogP contribution in [0, 0.1) is 0 Å². The van der Waals surface area contributed by atoms with Crippen LogP contribution in [0.1, 0.15) is 10.4 Å². The SMILES string of the molecule is COC(=O)c1cc2c(cc1N)c1ccccc1n2C. The molecule has 0 fully saturated rings. The number of aryl methyl sites for hydroxylation is 1. The molecule has 0 unspecified atom stereocenters. The molecule has 3 aromatic rings. The fraction of sp³-hybridized carbons (Fsp3) is 0.133. The van der Waals surface area contributed by atoms with Gasteiger partial charge in [0.25, 0.3) is 0 Å². The molecule has 0 amide bonds. The number of para-hydroxylation sites is 1. The molecule has 0 aliphatic heterocycles. The van der Waals surface area contributed by atoms with Gasteiger partial charge in [0.05, 0.1) is 12.7 Å². The Morgan fingerprint density at radius 1 is 1.16 bits per heavy atom. The van der Waals surface area contributed by atoms with Crippen LogP contribution >= 0.6 is 0 Å². The molecule has 1 heterocycles. The number of anilines is 1. The number of ether oxygens (including phenoxy) is 1. The van der Waals surface area contributed by atoms with Crippen LogP contribution in [0.15, 0.2) is 36.4 Å². The molecular weight excluding hydrogens is 240 g/mol. The predicted octanol–water partition coefficient (Wildman–Crippen LogP) is 2.70. The second kappa shape index (κ2) is 4.02. The Morgan fingerprint density at radius 3 is 2.63 bits per heavy atom. The molecule has 0 spiro atoms. The van der Waals surface area contributed by atoms with E-state index in [0.717, 1.165) is 21.8 Å². The molecule has 4 nitrogen and oxygen atoms in total. The van der Waals surface area contributed by atoms with Gasteiger partial charge in [-0.15, -0.1) is 0 Å². The number of nitrogens with zero attached hydrogens (tertiary/aromatic N) is 1. The molecule has 4 heteroatoms. The summed E-state index contributed by atoms with van der Waals surface area (Å²) in [6.07, 6.45) is 0. The number of benzene rings is 2. The Kier molecular flexibility index (Phi) is 2.45.